The van der Waals surface area contributed by atoms with E-state index in [2.05, 4.69) is 10.6 Å². The molecule has 0 bridgehead atoms. The summed E-state index contributed by atoms with van der Waals surface area (Å²) in [7, 11) is 1.50. The predicted octanol–water partition coefficient (Wildman–Crippen LogP) is 0.561. The molecule has 0 fully saturated rings. The third-order valence-corrected chi connectivity index (χ3v) is 2.14. The monoisotopic (exact) mass is 236 g/mol. The molecule has 1 aromatic rings. The highest BCUT2D eigenvalue weighted by Crippen LogP contribution is 2.16. The average molecular weight is 236 g/mol. The topological polar surface area (TPSA) is 67.4 Å². The van der Waals surface area contributed by atoms with Crippen molar-refractivity contribution in [1.29, 1.82) is 0 Å². The van der Waals surface area contributed by atoms with E-state index >= 15 is 0 Å². The Labute approximate surface area is 100 Å². The normalized spacial score (nSPS) is 9.53. The molecule has 0 radical (unpaired) electrons. The second kappa shape index (κ2) is 6.52. The van der Waals surface area contributed by atoms with Crippen LogP contribution in [0, 0.1) is 0 Å². The molecular weight excluding hydrogens is 220 g/mol. The van der Waals surface area contributed by atoms with Crippen LogP contribution >= 0.6 is 0 Å². The fourth-order valence-electron chi connectivity index (χ4n) is 1.35. The summed E-state index contributed by atoms with van der Waals surface area (Å²) in [5.41, 5.74) is 0.416. The van der Waals surface area contributed by atoms with E-state index in [4.69, 9.17) is 4.74 Å². The lowest BCUT2D eigenvalue weighted by Gasteiger charge is -2.08. The molecule has 0 atom stereocenters. The molecule has 17 heavy (non-hydrogen) atoms. The van der Waals surface area contributed by atoms with Crippen molar-refractivity contribution < 1.29 is 14.3 Å². The van der Waals surface area contributed by atoms with Crippen LogP contribution < -0.4 is 15.4 Å². The lowest BCUT2D eigenvalue weighted by atomic mass is 10.2. The van der Waals surface area contributed by atoms with Crippen LogP contribution in [-0.4, -0.2) is 32.0 Å². The summed E-state index contributed by atoms with van der Waals surface area (Å²) in [6, 6.07) is 6.86. The predicted molar refractivity (Wildman–Crippen MR) is 64.0 cm³/mol. The van der Waals surface area contributed by atoms with E-state index in [0.717, 1.165) is 0 Å². The van der Waals surface area contributed by atoms with Gasteiger partial charge in [-0.3, -0.25) is 9.59 Å². The molecule has 1 aromatic carbocycles. The Kier molecular flexibility index (Phi) is 5.00. The smallest absolute Gasteiger partial charge is 0.255 e. The van der Waals surface area contributed by atoms with E-state index in [-0.39, 0.29) is 18.4 Å². The van der Waals surface area contributed by atoms with E-state index in [1.807, 2.05) is 6.92 Å². The van der Waals surface area contributed by atoms with Gasteiger partial charge in [0.15, 0.2) is 0 Å². The number of amides is 2. The zero-order valence-electron chi connectivity index (χ0n) is 9.95. The standard InChI is InChI=1S/C12H16N2O3/c1-3-13-11(15)8-14-12(16)9-6-4-5-7-10(9)17-2/h4-7H,3,8H2,1-2H3,(H,13,15)(H,14,16). The van der Waals surface area contributed by atoms with Crippen molar-refractivity contribution in [2.24, 2.45) is 0 Å². The first kappa shape index (κ1) is 13.0. The van der Waals surface area contributed by atoms with Crippen LogP contribution in [0.25, 0.3) is 0 Å². The highest BCUT2D eigenvalue weighted by Gasteiger charge is 2.11. The van der Waals surface area contributed by atoms with E-state index in [1.54, 1.807) is 24.3 Å². The average Bonchev–Trinajstić information content (AvgIpc) is 2.36. The Morgan fingerprint density at radius 3 is 2.59 bits per heavy atom. The number of methoxy groups -OCH3 is 1. The summed E-state index contributed by atoms with van der Waals surface area (Å²) in [6.07, 6.45) is 0. The minimum atomic E-state index is -0.325. The van der Waals surface area contributed by atoms with Crippen molar-refractivity contribution in [2.75, 3.05) is 20.2 Å². The van der Waals surface area contributed by atoms with Gasteiger partial charge in [0.25, 0.3) is 5.91 Å². The molecule has 0 spiro atoms. The molecule has 0 unspecified atom stereocenters. The molecule has 5 heteroatoms. The van der Waals surface area contributed by atoms with Crippen LogP contribution in [0.3, 0.4) is 0 Å². The van der Waals surface area contributed by atoms with Crippen molar-refractivity contribution in [3.8, 4) is 5.75 Å². The van der Waals surface area contributed by atoms with E-state index < -0.39 is 0 Å². The van der Waals surface area contributed by atoms with Gasteiger partial charge in [-0.15, -0.1) is 0 Å². The Hall–Kier alpha value is -2.04. The number of rotatable bonds is 5. The SMILES string of the molecule is CCNC(=O)CNC(=O)c1ccccc1OC. The molecule has 0 saturated carbocycles. The summed E-state index contributed by atoms with van der Waals surface area (Å²) in [5, 5.41) is 5.12. The molecule has 0 aliphatic heterocycles. The van der Waals surface area contributed by atoms with Crippen molar-refractivity contribution >= 4 is 11.8 Å². The lowest BCUT2D eigenvalue weighted by Crippen LogP contribution is -2.36. The largest absolute Gasteiger partial charge is 0.496 e. The maximum atomic E-state index is 11.8. The Morgan fingerprint density at radius 1 is 1.24 bits per heavy atom. The zero-order chi connectivity index (χ0) is 12.7. The number of carbonyl (C=O) groups is 2. The first-order valence-corrected chi connectivity index (χ1v) is 5.37. The van der Waals surface area contributed by atoms with Gasteiger partial charge in [-0.25, -0.2) is 0 Å². The van der Waals surface area contributed by atoms with Gasteiger partial charge in [0.1, 0.15) is 5.75 Å². The molecule has 2 amide bonds. The van der Waals surface area contributed by atoms with Crippen LogP contribution in [0.15, 0.2) is 24.3 Å². The van der Waals surface area contributed by atoms with E-state index in [1.165, 1.54) is 7.11 Å². The minimum absolute atomic E-state index is 0.0370. The summed E-state index contributed by atoms with van der Waals surface area (Å²) >= 11 is 0. The summed E-state index contributed by atoms with van der Waals surface area (Å²) in [5.74, 6) is -0.0506. The van der Waals surface area contributed by atoms with Crippen LogP contribution in [0.5, 0.6) is 5.75 Å². The third kappa shape index (κ3) is 3.79. The molecule has 5 nitrogen and oxygen atoms in total. The Bertz CT molecular complexity index is 404. The van der Waals surface area contributed by atoms with Gasteiger partial charge in [-0.1, -0.05) is 12.1 Å². The van der Waals surface area contributed by atoms with Gasteiger partial charge in [0.2, 0.25) is 5.91 Å². The number of likely N-dealkylation sites (N-methyl/N-ethyl adjacent to an activating group) is 1. The fraction of sp³-hybridized carbons (Fsp3) is 0.333. The molecule has 2 N–H and O–H groups in total. The molecule has 0 aromatic heterocycles. The van der Waals surface area contributed by atoms with Crippen LogP contribution in [-0.2, 0) is 4.79 Å². The number of ether oxygens (including phenoxy) is 1. The van der Waals surface area contributed by atoms with Gasteiger partial charge in [-0.2, -0.15) is 0 Å². The number of hydrogen-bond donors (Lipinski definition) is 2. The molecular formula is C12H16N2O3. The summed E-state index contributed by atoms with van der Waals surface area (Å²) in [6.45, 7) is 2.33. The van der Waals surface area contributed by atoms with Gasteiger partial charge < -0.3 is 15.4 Å². The molecule has 1 rings (SSSR count). The molecule has 92 valence electrons. The first-order chi connectivity index (χ1) is 8.19. The van der Waals surface area contributed by atoms with Gasteiger partial charge in [-0.05, 0) is 19.1 Å². The van der Waals surface area contributed by atoms with Crippen molar-refractivity contribution in [3.63, 3.8) is 0 Å². The van der Waals surface area contributed by atoms with Crippen molar-refractivity contribution in [2.45, 2.75) is 6.92 Å². The fourth-order valence-corrected chi connectivity index (χ4v) is 1.35. The summed E-state index contributed by atoms with van der Waals surface area (Å²) < 4.78 is 5.06. The highest BCUT2D eigenvalue weighted by atomic mass is 16.5. The van der Waals surface area contributed by atoms with Crippen LogP contribution in [0.2, 0.25) is 0 Å². The quantitative estimate of drug-likeness (QED) is 0.785. The Morgan fingerprint density at radius 2 is 1.94 bits per heavy atom. The van der Waals surface area contributed by atoms with Gasteiger partial charge in [0.05, 0.1) is 19.2 Å². The number of benzene rings is 1. The van der Waals surface area contributed by atoms with E-state index in [0.29, 0.717) is 17.9 Å². The Balaban J connectivity index is 2.61. The van der Waals surface area contributed by atoms with Crippen LogP contribution in [0.4, 0.5) is 0 Å². The van der Waals surface area contributed by atoms with Crippen molar-refractivity contribution in [3.05, 3.63) is 29.8 Å². The second-order valence-corrected chi connectivity index (χ2v) is 3.34. The lowest BCUT2D eigenvalue weighted by molar-refractivity contribution is -0.120. The summed E-state index contributed by atoms with van der Waals surface area (Å²) in [4.78, 5) is 22.9. The maximum Gasteiger partial charge on any atom is 0.255 e. The zero-order valence-corrected chi connectivity index (χ0v) is 9.95. The number of nitrogens with one attached hydrogen (secondary N) is 2. The van der Waals surface area contributed by atoms with Crippen LogP contribution in [0.1, 0.15) is 17.3 Å². The second-order valence-electron chi connectivity index (χ2n) is 3.34. The first-order valence-electron chi connectivity index (χ1n) is 5.37. The third-order valence-electron chi connectivity index (χ3n) is 2.14. The maximum absolute atomic E-state index is 11.8. The molecule has 0 aliphatic carbocycles. The highest BCUT2D eigenvalue weighted by molar-refractivity contribution is 5.98. The molecule has 0 aliphatic rings. The van der Waals surface area contributed by atoms with Gasteiger partial charge in [0, 0.05) is 6.54 Å². The van der Waals surface area contributed by atoms with Crippen molar-refractivity contribution in [1.82, 2.24) is 10.6 Å². The van der Waals surface area contributed by atoms with E-state index in [9.17, 15) is 9.59 Å². The number of para-hydroxylation sites is 1. The molecule has 0 saturated heterocycles. The minimum Gasteiger partial charge on any atom is -0.496 e. The number of hydrogen-bond acceptors (Lipinski definition) is 3. The molecule has 0 heterocycles. The number of carbonyl (C=O) groups excluding carboxylic acids is 2. The van der Waals surface area contributed by atoms with Gasteiger partial charge >= 0.3 is 0 Å².